The fourth-order valence-electron chi connectivity index (χ4n) is 2.27. The summed E-state index contributed by atoms with van der Waals surface area (Å²) in [6, 6.07) is 4.30. The molecule has 0 atom stereocenters. The summed E-state index contributed by atoms with van der Waals surface area (Å²) in [6.45, 7) is 3.48. The van der Waals surface area contributed by atoms with Crippen molar-refractivity contribution in [1.82, 2.24) is 9.46 Å². The molecule has 1 aromatic heterocycles. The molecule has 0 spiro atoms. The van der Waals surface area contributed by atoms with Gasteiger partial charge in [-0.3, -0.25) is 4.79 Å². The van der Waals surface area contributed by atoms with Crippen molar-refractivity contribution in [2.24, 2.45) is 0 Å². The lowest BCUT2D eigenvalue weighted by atomic mass is 10.1. The Morgan fingerprint density at radius 2 is 2.00 bits per heavy atom. The first-order valence-corrected chi connectivity index (χ1v) is 8.93. The Bertz CT molecular complexity index is 868. The van der Waals surface area contributed by atoms with E-state index in [1.807, 2.05) is 0 Å². The summed E-state index contributed by atoms with van der Waals surface area (Å²) < 4.78 is 35.9. The molecule has 1 aromatic carbocycles. The van der Waals surface area contributed by atoms with E-state index in [0.717, 1.165) is 4.31 Å². The number of aryl methyl sites for hydroxylation is 2. The minimum absolute atomic E-state index is 0.0611. The van der Waals surface area contributed by atoms with Crippen molar-refractivity contribution in [3.63, 3.8) is 0 Å². The van der Waals surface area contributed by atoms with Gasteiger partial charge in [0.25, 0.3) is 0 Å². The van der Waals surface area contributed by atoms with E-state index in [1.54, 1.807) is 13.8 Å². The van der Waals surface area contributed by atoms with Crippen LogP contribution in [0.1, 0.15) is 17.0 Å². The molecule has 0 aliphatic heterocycles. The maximum absolute atomic E-state index is 12.4. The Labute approximate surface area is 146 Å². The molecular weight excluding hydrogens is 346 g/mol. The van der Waals surface area contributed by atoms with Crippen LogP contribution < -0.4 is 10.1 Å². The van der Waals surface area contributed by atoms with Crippen molar-refractivity contribution in [2.45, 2.75) is 25.2 Å². The standard InChI is InChI=1S/C16H21N3O5S/c1-10-13(11(2)24-18-10)9-16(20)17-14-8-12(6-7-15(14)23-5)25(21,22)19(3)4/h6-8H,9H2,1-5H3,(H,17,20). The summed E-state index contributed by atoms with van der Waals surface area (Å²) in [4.78, 5) is 12.4. The van der Waals surface area contributed by atoms with E-state index in [9.17, 15) is 13.2 Å². The van der Waals surface area contributed by atoms with Crippen LogP contribution in [0.15, 0.2) is 27.6 Å². The highest BCUT2D eigenvalue weighted by Crippen LogP contribution is 2.28. The monoisotopic (exact) mass is 367 g/mol. The van der Waals surface area contributed by atoms with Crippen LogP contribution in [-0.4, -0.2) is 45.0 Å². The van der Waals surface area contributed by atoms with Crippen LogP contribution in [0.4, 0.5) is 5.69 Å². The Morgan fingerprint density at radius 1 is 1.32 bits per heavy atom. The number of hydrogen-bond donors (Lipinski definition) is 1. The Balaban J connectivity index is 2.30. The SMILES string of the molecule is COc1ccc(S(=O)(=O)N(C)C)cc1NC(=O)Cc1c(C)noc1C. The number of hydrogen-bond acceptors (Lipinski definition) is 6. The summed E-state index contributed by atoms with van der Waals surface area (Å²) in [5.41, 5.74) is 1.62. The first kappa shape index (κ1) is 18.9. The molecule has 0 saturated heterocycles. The number of benzene rings is 1. The summed E-state index contributed by atoms with van der Waals surface area (Å²) in [5.74, 6) is 0.612. The van der Waals surface area contributed by atoms with E-state index in [1.165, 1.54) is 39.4 Å². The van der Waals surface area contributed by atoms with Crippen molar-refractivity contribution in [3.05, 3.63) is 35.2 Å². The number of amides is 1. The van der Waals surface area contributed by atoms with Gasteiger partial charge in [-0.2, -0.15) is 0 Å². The number of carbonyl (C=O) groups is 1. The zero-order chi connectivity index (χ0) is 18.8. The molecule has 25 heavy (non-hydrogen) atoms. The van der Waals surface area contributed by atoms with Crippen LogP contribution in [0, 0.1) is 13.8 Å². The van der Waals surface area contributed by atoms with Gasteiger partial charge in [0.2, 0.25) is 15.9 Å². The van der Waals surface area contributed by atoms with E-state index in [0.29, 0.717) is 22.8 Å². The second-order valence-electron chi connectivity index (χ2n) is 5.68. The predicted molar refractivity (Wildman–Crippen MR) is 92.2 cm³/mol. The zero-order valence-corrected chi connectivity index (χ0v) is 15.6. The number of nitrogens with one attached hydrogen (secondary N) is 1. The normalized spacial score (nSPS) is 11.6. The molecule has 2 rings (SSSR count). The first-order valence-electron chi connectivity index (χ1n) is 7.49. The summed E-state index contributed by atoms with van der Waals surface area (Å²) in [6.07, 6.45) is 0.0645. The summed E-state index contributed by atoms with van der Waals surface area (Å²) in [5, 5.41) is 6.50. The maximum atomic E-state index is 12.4. The van der Waals surface area contributed by atoms with Crippen LogP contribution in [-0.2, 0) is 21.2 Å². The molecule has 0 radical (unpaired) electrons. The number of ether oxygens (including phenoxy) is 1. The fraction of sp³-hybridized carbons (Fsp3) is 0.375. The highest BCUT2D eigenvalue weighted by molar-refractivity contribution is 7.89. The first-order chi connectivity index (χ1) is 11.7. The van der Waals surface area contributed by atoms with Crippen molar-refractivity contribution < 1.29 is 22.5 Å². The van der Waals surface area contributed by atoms with Gasteiger partial charge >= 0.3 is 0 Å². The molecule has 0 unspecified atom stereocenters. The number of sulfonamides is 1. The van der Waals surface area contributed by atoms with E-state index in [-0.39, 0.29) is 22.9 Å². The van der Waals surface area contributed by atoms with Gasteiger partial charge in [-0.05, 0) is 32.0 Å². The van der Waals surface area contributed by atoms with Crippen LogP contribution >= 0.6 is 0 Å². The Morgan fingerprint density at radius 3 is 2.52 bits per heavy atom. The van der Waals surface area contributed by atoms with Gasteiger partial charge in [0.05, 0.1) is 29.8 Å². The molecular formula is C16H21N3O5S. The van der Waals surface area contributed by atoms with Gasteiger partial charge < -0.3 is 14.6 Å². The molecule has 136 valence electrons. The number of anilines is 1. The molecule has 8 nitrogen and oxygen atoms in total. The molecule has 0 bridgehead atoms. The van der Waals surface area contributed by atoms with Gasteiger partial charge in [0, 0.05) is 19.7 Å². The molecule has 9 heteroatoms. The highest BCUT2D eigenvalue weighted by Gasteiger charge is 2.20. The number of methoxy groups -OCH3 is 1. The average molecular weight is 367 g/mol. The Hall–Kier alpha value is -2.39. The van der Waals surface area contributed by atoms with Gasteiger partial charge in [0.1, 0.15) is 11.5 Å². The maximum Gasteiger partial charge on any atom is 0.242 e. The smallest absolute Gasteiger partial charge is 0.242 e. The van der Waals surface area contributed by atoms with Gasteiger partial charge in [-0.1, -0.05) is 5.16 Å². The van der Waals surface area contributed by atoms with Crippen LogP contribution in [0.5, 0.6) is 5.75 Å². The molecule has 2 aromatic rings. The second kappa shape index (κ2) is 7.24. The number of nitrogens with zero attached hydrogens (tertiary/aromatic N) is 2. The van der Waals surface area contributed by atoms with E-state index >= 15 is 0 Å². The third kappa shape index (κ3) is 3.99. The molecule has 1 amide bonds. The van der Waals surface area contributed by atoms with Gasteiger partial charge in [-0.25, -0.2) is 12.7 Å². The lowest BCUT2D eigenvalue weighted by Gasteiger charge is -2.15. The van der Waals surface area contributed by atoms with Crippen molar-refractivity contribution in [3.8, 4) is 5.75 Å². The van der Waals surface area contributed by atoms with Gasteiger partial charge in [-0.15, -0.1) is 0 Å². The molecule has 0 saturated carbocycles. The molecule has 0 fully saturated rings. The lowest BCUT2D eigenvalue weighted by molar-refractivity contribution is -0.115. The fourth-order valence-corrected chi connectivity index (χ4v) is 3.19. The third-order valence-electron chi connectivity index (χ3n) is 3.74. The zero-order valence-electron chi connectivity index (χ0n) is 14.8. The van der Waals surface area contributed by atoms with Crippen LogP contribution in [0.3, 0.4) is 0 Å². The Kier molecular flexibility index (Phi) is 5.48. The van der Waals surface area contributed by atoms with Crippen LogP contribution in [0.2, 0.25) is 0 Å². The van der Waals surface area contributed by atoms with Crippen LogP contribution in [0.25, 0.3) is 0 Å². The van der Waals surface area contributed by atoms with Crippen molar-refractivity contribution in [1.29, 1.82) is 0 Å². The highest BCUT2D eigenvalue weighted by atomic mass is 32.2. The molecule has 1 heterocycles. The number of rotatable bonds is 6. The van der Waals surface area contributed by atoms with Crippen molar-refractivity contribution >= 4 is 21.6 Å². The van der Waals surface area contributed by atoms with E-state index in [2.05, 4.69) is 10.5 Å². The van der Waals surface area contributed by atoms with Crippen molar-refractivity contribution in [2.75, 3.05) is 26.5 Å². The average Bonchev–Trinajstić information content (AvgIpc) is 2.86. The minimum Gasteiger partial charge on any atom is -0.495 e. The largest absolute Gasteiger partial charge is 0.495 e. The summed E-state index contributed by atoms with van der Waals surface area (Å²) >= 11 is 0. The second-order valence-corrected chi connectivity index (χ2v) is 7.83. The topological polar surface area (TPSA) is 102 Å². The lowest BCUT2D eigenvalue weighted by Crippen LogP contribution is -2.22. The third-order valence-corrected chi connectivity index (χ3v) is 5.55. The van der Waals surface area contributed by atoms with E-state index < -0.39 is 10.0 Å². The number of aromatic nitrogens is 1. The number of carbonyl (C=O) groups excluding carboxylic acids is 1. The molecule has 0 aliphatic rings. The predicted octanol–water partition coefficient (Wildman–Crippen LogP) is 1.73. The molecule has 0 aliphatic carbocycles. The summed E-state index contributed by atoms with van der Waals surface area (Å²) in [7, 11) is 0.701. The minimum atomic E-state index is -3.62. The van der Waals surface area contributed by atoms with Gasteiger partial charge in [0.15, 0.2) is 0 Å². The molecule has 1 N–H and O–H groups in total. The quantitative estimate of drug-likeness (QED) is 0.834. The van der Waals surface area contributed by atoms with E-state index in [4.69, 9.17) is 9.26 Å².